The third-order valence-electron chi connectivity index (χ3n) is 3.40. The summed E-state index contributed by atoms with van der Waals surface area (Å²) < 4.78 is 2.05. The highest BCUT2D eigenvalue weighted by atomic mass is 16.1. The molecule has 0 bridgehead atoms. The summed E-state index contributed by atoms with van der Waals surface area (Å²) in [7, 11) is 1.98. The second-order valence-electron chi connectivity index (χ2n) is 4.69. The van der Waals surface area contributed by atoms with E-state index in [-0.39, 0.29) is 5.43 Å². The van der Waals surface area contributed by atoms with E-state index in [0.29, 0.717) is 5.22 Å². The van der Waals surface area contributed by atoms with Crippen molar-refractivity contribution in [1.29, 1.82) is 0 Å². The van der Waals surface area contributed by atoms with E-state index >= 15 is 0 Å². The number of aryl methyl sites for hydroxylation is 1. The molecule has 0 saturated heterocycles. The molecule has 2 heteroatoms. The minimum Gasteiger partial charge on any atom is -0.344 e. The molecule has 1 aromatic heterocycles. The highest BCUT2D eigenvalue weighted by Gasteiger charge is 2.03. The zero-order valence-corrected chi connectivity index (χ0v) is 11.4. The van der Waals surface area contributed by atoms with E-state index in [2.05, 4.69) is 19.2 Å². The van der Waals surface area contributed by atoms with Crippen LogP contribution in [0.3, 0.4) is 0 Å². The number of aromatic nitrogens is 1. The molecule has 1 aromatic carbocycles. The Bertz CT molecular complexity index is 768. The third-order valence-corrected chi connectivity index (χ3v) is 3.40. The van der Waals surface area contributed by atoms with Crippen molar-refractivity contribution in [2.75, 3.05) is 0 Å². The molecule has 19 heavy (non-hydrogen) atoms. The van der Waals surface area contributed by atoms with Gasteiger partial charge in [-0.05, 0) is 31.4 Å². The van der Waals surface area contributed by atoms with Crippen molar-refractivity contribution in [3.05, 3.63) is 57.7 Å². The van der Waals surface area contributed by atoms with Crippen molar-refractivity contribution in [1.82, 2.24) is 4.57 Å². The van der Waals surface area contributed by atoms with Crippen LogP contribution in [0.2, 0.25) is 0 Å². The van der Waals surface area contributed by atoms with Crippen LogP contribution in [0, 0.1) is 0 Å². The summed E-state index contributed by atoms with van der Waals surface area (Å²) in [5.74, 6) is 0. The lowest BCUT2D eigenvalue weighted by Gasteiger charge is -2.07. The summed E-state index contributed by atoms with van der Waals surface area (Å²) in [6.45, 7) is 7.66. The van der Waals surface area contributed by atoms with Gasteiger partial charge in [0.25, 0.3) is 0 Å². The molecule has 0 aliphatic heterocycles. The molecule has 2 aromatic rings. The number of hydrogen-bond acceptors (Lipinski definition) is 1. The van der Waals surface area contributed by atoms with E-state index < -0.39 is 0 Å². The highest BCUT2D eigenvalue weighted by Crippen LogP contribution is 2.04. The van der Waals surface area contributed by atoms with Crippen LogP contribution < -0.4 is 16.0 Å². The van der Waals surface area contributed by atoms with Crippen LogP contribution in [-0.4, -0.2) is 4.57 Å². The van der Waals surface area contributed by atoms with Gasteiger partial charge in [0.2, 0.25) is 0 Å². The Balaban J connectivity index is 2.65. The van der Waals surface area contributed by atoms with E-state index in [4.69, 9.17) is 0 Å². The van der Waals surface area contributed by atoms with Crippen LogP contribution in [0.15, 0.2) is 41.7 Å². The molecule has 0 unspecified atom stereocenters. The van der Waals surface area contributed by atoms with Crippen LogP contribution in [0.25, 0.3) is 23.6 Å². The van der Waals surface area contributed by atoms with E-state index in [1.165, 1.54) is 0 Å². The van der Waals surface area contributed by atoms with Crippen molar-refractivity contribution in [2.45, 2.75) is 19.3 Å². The molecule has 1 heterocycles. The molecular weight excluding hydrogens is 234 g/mol. The Morgan fingerprint density at radius 2 is 2.00 bits per heavy atom. The Kier molecular flexibility index (Phi) is 4.00. The number of benzene rings is 1. The van der Waals surface area contributed by atoms with E-state index in [1.807, 2.05) is 42.0 Å². The topological polar surface area (TPSA) is 22.0 Å². The first-order valence-corrected chi connectivity index (χ1v) is 6.54. The van der Waals surface area contributed by atoms with Crippen LogP contribution in [-0.2, 0) is 7.05 Å². The fourth-order valence-electron chi connectivity index (χ4n) is 2.33. The van der Waals surface area contributed by atoms with Crippen molar-refractivity contribution in [3.63, 3.8) is 0 Å². The van der Waals surface area contributed by atoms with Gasteiger partial charge in [-0.15, -0.1) is 6.58 Å². The van der Waals surface area contributed by atoms with Crippen LogP contribution in [0.4, 0.5) is 0 Å². The standard InChI is InChI=1S/C17H19NO/c1-4-5-6-7-11-15-13(2)17(19)14-10-8-9-12-16(14)18(15)3/h4,8-12H,1-2,5-7H2,3H3/b15-11+. The maximum atomic E-state index is 12.3. The molecule has 0 aliphatic rings. The van der Waals surface area contributed by atoms with Gasteiger partial charge in [-0.25, -0.2) is 0 Å². The van der Waals surface area contributed by atoms with E-state index in [0.717, 1.165) is 35.5 Å². The zero-order valence-electron chi connectivity index (χ0n) is 11.4. The summed E-state index contributed by atoms with van der Waals surface area (Å²) in [6, 6.07) is 7.66. The van der Waals surface area contributed by atoms with E-state index in [1.54, 1.807) is 0 Å². The Morgan fingerprint density at radius 3 is 2.74 bits per heavy atom. The van der Waals surface area contributed by atoms with Gasteiger partial charge in [0.05, 0.1) is 5.52 Å². The van der Waals surface area contributed by atoms with Gasteiger partial charge in [0.15, 0.2) is 5.43 Å². The summed E-state index contributed by atoms with van der Waals surface area (Å²) in [5, 5.41) is 2.24. The summed E-state index contributed by atoms with van der Waals surface area (Å²) in [4.78, 5) is 12.3. The third kappa shape index (κ3) is 2.53. The smallest absolute Gasteiger partial charge is 0.196 e. The summed E-state index contributed by atoms with van der Waals surface area (Å²) in [6.07, 6.45) is 6.98. The number of para-hydroxylation sites is 1. The minimum absolute atomic E-state index is 0.0312. The first-order valence-electron chi connectivity index (χ1n) is 6.54. The fraction of sp³-hybridized carbons (Fsp3) is 0.235. The van der Waals surface area contributed by atoms with Crippen LogP contribution >= 0.6 is 0 Å². The monoisotopic (exact) mass is 253 g/mol. The molecule has 0 fully saturated rings. The maximum Gasteiger partial charge on any atom is 0.196 e. The lowest BCUT2D eigenvalue weighted by atomic mass is 10.1. The summed E-state index contributed by atoms with van der Waals surface area (Å²) >= 11 is 0. The van der Waals surface area contributed by atoms with Crippen molar-refractivity contribution >= 4 is 23.6 Å². The fourth-order valence-corrected chi connectivity index (χ4v) is 2.33. The van der Waals surface area contributed by atoms with Gasteiger partial charge in [0, 0.05) is 23.0 Å². The molecule has 0 amide bonds. The predicted molar refractivity (Wildman–Crippen MR) is 82.5 cm³/mol. The normalized spacial score (nSPS) is 11.9. The largest absolute Gasteiger partial charge is 0.344 e. The van der Waals surface area contributed by atoms with Gasteiger partial charge in [-0.1, -0.05) is 30.9 Å². The van der Waals surface area contributed by atoms with Crippen LogP contribution in [0.5, 0.6) is 0 Å². The number of fused-ring (bicyclic) bond motifs is 1. The minimum atomic E-state index is 0.0312. The summed E-state index contributed by atoms with van der Waals surface area (Å²) in [5.41, 5.74) is 0.985. The maximum absolute atomic E-state index is 12.3. The first-order chi connectivity index (χ1) is 9.16. The molecule has 2 rings (SSSR count). The SMILES string of the molecule is C=CCCC/C=c1\c(=C)c(=O)c2ccccc2n1C. The molecule has 0 N–H and O–H groups in total. The van der Waals surface area contributed by atoms with Gasteiger partial charge >= 0.3 is 0 Å². The molecule has 0 spiro atoms. The zero-order chi connectivity index (χ0) is 13.8. The molecule has 0 saturated carbocycles. The highest BCUT2D eigenvalue weighted by molar-refractivity contribution is 5.78. The van der Waals surface area contributed by atoms with Gasteiger partial charge < -0.3 is 4.57 Å². The number of nitrogens with zero attached hydrogens (tertiary/aromatic N) is 1. The number of allylic oxidation sites excluding steroid dienone is 1. The average Bonchev–Trinajstić information content (AvgIpc) is 2.44. The number of hydrogen-bond donors (Lipinski definition) is 0. The number of pyridine rings is 1. The van der Waals surface area contributed by atoms with Crippen molar-refractivity contribution < 1.29 is 0 Å². The average molecular weight is 253 g/mol. The van der Waals surface area contributed by atoms with Gasteiger partial charge in [0.1, 0.15) is 0 Å². The van der Waals surface area contributed by atoms with Gasteiger partial charge in [-0.2, -0.15) is 0 Å². The molecule has 0 aliphatic carbocycles. The second-order valence-corrected chi connectivity index (χ2v) is 4.69. The lowest BCUT2D eigenvalue weighted by Crippen LogP contribution is -2.43. The second kappa shape index (κ2) is 5.70. The Labute approximate surface area is 113 Å². The quantitative estimate of drug-likeness (QED) is 0.604. The lowest BCUT2D eigenvalue weighted by molar-refractivity contribution is 0.862. The number of rotatable bonds is 4. The molecule has 0 atom stereocenters. The van der Waals surface area contributed by atoms with E-state index in [9.17, 15) is 4.79 Å². The van der Waals surface area contributed by atoms with Gasteiger partial charge in [-0.3, -0.25) is 4.79 Å². The molecular formula is C17H19NO. The first kappa shape index (κ1) is 13.3. The Hall–Kier alpha value is -2.09. The number of unbranched alkanes of at least 4 members (excludes halogenated alkanes) is 2. The molecule has 98 valence electrons. The molecule has 2 nitrogen and oxygen atoms in total. The van der Waals surface area contributed by atoms with Crippen molar-refractivity contribution in [2.24, 2.45) is 7.05 Å². The molecule has 0 radical (unpaired) electrons. The van der Waals surface area contributed by atoms with Crippen molar-refractivity contribution in [3.8, 4) is 0 Å². The predicted octanol–water partition coefficient (Wildman–Crippen LogP) is 2.09. The Morgan fingerprint density at radius 1 is 1.26 bits per heavy atom. The van der Waals surface area contributed by atoms with Crippen LogP contribution in [0.1, 0.15) is 19.3 Å².